The zero-order valence-corrected chi connectivity index (χ0v) is 29.4. The highest BCUT2D eigenvalue weighted by Crippen LogP contribution is 2.48. The summed E-state index contributed by atoms with van der Waals surface area (Å²) in [6.07, 6.45) is 5.17. The molecule has 3 aromatic carbocycles. The minimum absolute atomic E-state index is 0.0610. The van der Waals surface area contributed by atoms with Gasteiger partial charge in [0.15, 0.2) is 23.0 Å². The highest BCUT2D eigenvalue weighted by molar-refractivity contribution is 5.98. The molecule has 2 unspecified atom stereocenters. The second-order valence-corrected chi connectivity index (χ2v) is 12.6. The van der Waals surface area contributed by atoms with E-state index in [1.165, 1.54) is 27.4 Å². The molecule has 2 aliphatic rings. The van der Waals surface area contributed by atoms with Gasteiger partial charge in [-0.25, -0.2) is 4.79 Å². The summed E-state index contributed by atoms with van der Waals surface area (Å²) in [6.45, 7) is 2.08. The van der Waals surface area contributed by atoms with E-state index in [0.29, 0.717) is 61.3 Å². The molecule has 3 atom stereocenters. The van der Waals surface area contributed by atoms with Gasteiger partial charge in [0.25, 0.3) is 0 Å². The molecule has 0 spiro atoms. The van der Waals surface area contributed by atoms with Crippen LogP contribution in [0.25, 0.3) is 6.08 Å². The number of phenolic OH excluding ortho intramolecular Hbond substituents is 2. The second-order valence-electron chi connectivity index (χ2n) is 12.6. The number of carbonyl (C=O) groups excluding carboxylic acids is 3. The Balaban J connectivity index is 1.54. The first kappa shape index (κ1) is 36.9. The Kier molecular flexibility index (Phi) is 12.3. The minimum atomic E-state index is -1.01. The second kappa shape index (κ2) is 17.0. The lowest BCUT2D eigenvalue weighted by molar-refractivity contribution is -0.122. The standard InChI is InChI=1S/C39H45NO11/c1-23-11-10-14-26(41)13-7-5-6-12-24-17-29(42)36(37(44)35(24)39(45)50-23)28(25-18-32(46-2)38(48-4)33(19-25)47-3)20-34(43)40-21-27-22-49-30-15-8-9-16-31(30)51-27/h6,8-9,12,15-19,23,27-28,42,44H,5,7,10-11,13-14,20-22H2,1-4H3,(H,40,43)/t23-,27?,28?/m0/s1. The number of para-hydroxylation sites is 2. The van der Waals surface area contributed by atoms with E-state index >= 15 is 0 Å². The van der Waals surface area contributed by atoms with Crippen LogP contribution in [0.3, 0.4) is 0 Å². The number of ketones is 1. The number of methoxy groups -OCH3 is 3. The molecule has 2 heterocycles. The number of Topliss-reactive ketones (excluding diaryl/α,β-unsaturated/α-hetero) is 1. The number of cyclic esters (lactones) is 1. The molecule has 0 aromatic heterocycles. The molecule has 0 radical (unpaired) electrons. The lowest BCUT2D eigenvalue weighted by Crippen LogP contribution is -2.41. The van der Waals surface area contributed by atoms with Crippen LogP contribution >= 0.6 is 0 Å². The van der Waals surface area contributed by atoms with Crippen molar-refractivity contribution >= 4 is 23.7 Å². The van der Waals surface area contributed by atoms with Crippen molar-refractivity contribution in [1.29, 1.82) is 0 Å². The third kappa shape index (κ3) is 8.86. The van der Waals surface area contributed by atoms with Crippen molar-refractivity contribution in [2.45, 2.75) is 70.0 Å². The highest BCUT2D eigenvalue weighted by Gasteiger charge is 2.32. The summed E-state index contributed by atoms with van der Waals surface area (Å²) in [5.74, 6) is -0.882. The lowest BCUT2D eigenvalue weighted by Gasteiger charge is -2.27. The van der Waals surface area contributed by atoms with Gasteiger partial charge < -0.3 is 44.0 Å². The number of hydrogen-bond donors (Lipinski definition) is 3. The number of rotatable bonds is 9. The monoisotopic (exact) mass is 703 g/mol. The van der Waals surface area contributed by atoms with E-state index in [1.54, 1.807) is 43.3 Å². The number of benzene rings is 3. The molecule has 51 heavy (non-hydrogen) atoms. The predicted molar refractivity (Wildman–Crippen MR) is 188 cm³/mol. The molecule has 2 aliphatic heterocycles. The lowest BCUT2D eigenvalue weighted by atomic mass is 9.84. The normalized spacial score (nSPS) is 18.4. The third-order valence-electron chi connectivity index (χ3n) is 8.97. The number of amides is 1. The predicted octanol–water partition coefficient (Wildman–Crippen LogP) is 6.08. The first-order valence-electron chi connectivity index (χ1n) is 17.1. The van der Waals surface area contributed by atoms with Crippen molar-refractivity contribution in [3.63, 3.8) is 0 Å². The number of carbonyl (C=O) groups is 3. The van der Waals surface area contributed by atoms with Crippen LogP contribution in [-0.2, 0) is 14.3 Å². The van der Waals surface area contributed by atoms with Gasteiger partial charge in [0.05, 0.1) is 34.0 Å². The van der Waals surface area contributed by atoms with Crippen molar-refractivity contribution in [2.24, 2.45) is 0 Å². The van der Waals surface area contributed by atoms with E-state index in [4.69, 9.17) is 28.4 Å². The van der Waals surface area contributed by atoms with Gasteiger partial charge in [0.1, 0.15) is 35.6 Å². The molecule has 0 aliphatic carbocycles. The van der Waals surface area contributed by atoms with E-state index in [2.05, 4.69) is 5.32 Å². The Bertz CT molecular complexity index is 1740. The van der Waals surface area contributed by atoms with Crippen LogP contribution in [0.2, 0.25) is 0 Å². The van der Waals surface area contributed by atoms with E-state index in [1.807, 2.05) is 12.1 Å². The summed E-state index contributed by atoms with van der Waals surface area (Å²) < 4.78 is 34.2. The molecular formula is C39H45NO11. The molecule has 3 N–H and O–H groups in total. The van der Waals surface area contributed by atoms with Gasteiger partial charge in [-0.15, -0.1) is 0 Å². The van der Waals surface area contributed by atoms with E-state index in [-0.39, 0.29) is 59.3 Å². The molecule has 0 saturated carbocycles. The first-order valence-corrected chi connectivity index (χ1v) is 17.1. The summed E-state index contributed by atoms with van der Waals surface area (Å²) in [5.41, 5.74) is 0.453. The fourth-order valence-corrected chi connectivity index (χ4v) is 6.36. The van der Waals surface area contributed by atoms with Gasteiger partial charge >= 0.3 is 5.97 Å². The zero-order chi connectivity index (χ0) is 36.5. The van der Waals surface area contributed by atoms with Crippen LogP contribution in [0.5, 0.6) is 40.2 Å². The number of allylic oxidation sites excluding steroid dienone is 1. The Morgan fingerprint density at radius 1 is 0.961 bits per heavy atom. The summed E-state index contributed by atoms with van der Waals surface area (Å²) in [4.78, 5) is 39.7. The number of esters is 1. The molecule has 272 valence electrons. The third-order valence-corrected chi connectivity index (χ3v) is 8.97. The number of phenols is 2. The summed E-state index contributed by atoms with van der Waals surface area (Å²) in [6, 6.07) is 11.9. The average molecular weight is 704 g/mol. The van der Waals surface area contributed by atoms with Gasteiger partial charge in [-0.2, -0.15) is 0 Å². The summed E-state index contributed by atoms with van der Waals surface area (Å²) in [7, 11) is 4.37. The maximum absolute atomic E-state index is 13.7. The van der Waals surface area contributed by atoms with Crippen molar-refractivity contribution in [3.05, 3.63) is 70.8 Å². The summed E-state index contributed by atoms with van der Waals surface area (Å²) >= 11 is 0. The molecule has 12 heteroatoms. The highest BCUT2D eigenvalue weighted by atomic mass is 16.6. The Labute approximate surface area is 297 Å². The quantitative estimate of drug-likeness (QED) is 0.222. The SMILES string of the molecule is COc1cc(C(CC(=O)NCC2COc3ccccc3O2)c2c(O)cc3c(c2O)C(=O)O[C@@H](C)CCCC(=O)CCCC=C3)cc(OC)c1OC. The van der Waals surface area contributed by atoms with Gasteiger partial charge in [-0.3, -0.25) is 9.59 Å². The molecule has 0 fully saturated rings. The van der Waals surface area contributed by atoms with Crippen LogP contribution in [0.1, 0.15) is 84.8 Å². The van der Waals surface area contributed by atoms with Gasteiger partial charge in [-0.1, -0.05) is 24.3 Å². The fourth-order valence-electron chi connectivity index (χ4n) is 6.36. The Morgan fingerprint density at radius 3 is 2.37 bits per heavy atom. The fraction of sp³-hybridized carbons (Fsp3) is 0.410. The number of aromatic hydroxyl groups is 2. The molecule has 3 aromatic rings. The number of ether oxygens (including phenoxy) is 6. The molecule has 1 amide bonds. The van der Waals surface area contributed by atoms with E-state index in [9.17, 15) is 24.6 Å². The first-order chi connectivity index (χ1) is 24.6. The Morgan fingerprint density at radius 2 is 1.67 bits per heavy atom. The molecule has 12 nitrogen and oxygen atoms in total. The summed E-state index contributed by atoms with van der Waals surface area (Å²) in [5, 5.41) is 26.4. The van der Waals surface area contributed by atoms with E-state index < -0.39 is 35.8 Å². The number of hydrogen-bond acceptors (Lipinski definition) is 11. The van der Waals surface area contributed by atoms with Crippen LogP contribution in [-0.4, -0.2) is 74.6 Å². The van der Waals surface area contributed by atoms with E-state index in [0.717, 1.165) is 0 Å². The number of nitrogens with one attached hydrogen (secondary N) is 1. The van der Waals surface area contributed by atoms with Crippen LogP contribution in [0.4, 0.5) is 0 Å². The largest absolute Gasteiger partial charge is 0.507 e. The minimum Gasteiger partial charge on any atom is -0.507 e. The molecule has 0 bridgehead atoms. The smallest absolute Gasteiger partial charge is 0.342 e. The van der Waals surface area contributed by atoms with Crippen LogP contribution in [0, 0.1) is 0 Å². The van der Waals surface area contributed by atoms with Gasteiger partial charge in [0.2, 0.25) is 11.7 Å². The molecule has 0 saturated heterocycles. The van der Waals surface area contributed by atoms with Crippen LogP contribution in [0.15, 0.2) is 48.5 Å². The topological polar surface area (TPSA) is 159 Å². The average Bonchev–Trinajstić information content (AvgIpc) is 3.12. The van der Waals surface area contributed by atoms with Crippen molar-refractivity contribution in [3.8, 4) is 40.2 Å². The van der Waals surface area contributed by atoms with Gasteiger partial charge in [-0.05, 0) is 74.1 Å². The molecular weight excluding hydrogens is 658 g/mol. The van der Waals surface area contributed by atoms with Crippen LogP contribution < -0.4 is 29.0 Å². The van der Waals surface area contributed by atoms with Crippen molar-refractivity contribution < 1.29 is 53.0 Å². The van der Waals surface area contributed by atoms with Gasteiger partial charge in [0, 0.05) is 30.7 Å². The Hall–Kier alpha value is -5.39. The zero-order valence-electron chi connectivity index (χ0n) is 29.4. The van der Waals surface area contributed by atoms with Crippen molar-refractivity contribution in [1.82, 2.24) is 5.32 Å². The van der Waals surface area contributed by atoms with Crippen molar-refractivity contribution in [2.75, 3.05) is 34.5 Å². The number of fused-ring (bicyclic) bond motifs is 2. The maximum Gasteiger partial charge on any atom is 0.342 e. The maximum atomic E-state index is 13.7. The molecule has 5 rings (SSSR count).